The third-order valence-electron chi connectivity index (χ3n) is 4.47. The number of hydrogen-bond donors (Lipinski definition) is 1. The Labute approximate surface area is 137 Å². The average molecular weight is 306 g/mol. The summed E-state index contributed by atoms with van der Waals surface area (Å²) in [5, 5.41) is 8.82. The third kappa shape index (κ3) is 7.95. The number of ether oxygens (including phenoxy) is 1. The Hall–Kier alpha value is -0.860. The fourth-order valence-corrected chi connectivity index (χ4v) is 2.65. The van der Waals surface area contributed by atoms with Crippen molar-refractivity contribution < 1.29 is 9.84 Å². The van der Waals surface area contributed by atoms with Crippen LogP contribution in [0.5, 0.6) is 0 Å². The van der Waals surface area contributed by atoms with E-state index in [-0.39, 0.29) is 12.2 Å². The number of aliphatic hydroxyl groups is 1. The summed E-state index contributed by atoms with van der Waals surface area (Å²) in [5.41, 5.74) is 4.35. The van der Waals surface area contributed by atoms with E-state index < -0.39 is 0 Å². The molecular formula is C20H34O2. The van der Waals surface area contributed by atoms with Crippen LogP contribution in [0.3, 0.4) is 0 Å². The summed E-state index contributed by atoms with van der Waals surface area (Å²) in [6.07, 6.45) is 13.8. The van der Waals surface area contributed by atoms with Crippen molar-refractivity contribution in [3.8, 4) is 0 Å². The van der Waals surface area contributed by atoms with E-state index in [2.05, 4.69) is 46.8 Å². The highest BCUT2D eigenvalue weighted by Gasteiger charge is 2.46. The van der Waals surface area contributed by atoms with E-state index in [9.17, 15) is 0 Å². The zero-order valence-electron chi connectivity index (χ0n) is 15.1. The zero-order valence-corrected chi connectivity index (χ0v) is 15.1. The monoisotopic (exact) mass is 306 g/mol. The van der Waals surface area contributed by atoms with Crippen molar-refractivity contribution >= 4 is 0 Å². The van der Waals surface area contributed by atoms with Gasteiger partial charge in [-0.15, -0.1) is 0 Å². The molecule has 2 nitrogen and oxygen atoms in total. The van der Waals surface area contributed by atoms with E-state index in [0.717, 1.165) is 38.5 Å². The van der Waals surface area contributed by atoms with Crippen molar-refractivity contribution in [1.29, 1.82) is 0 Å². The Balaban J connectivity index is 2.16. The van der Waals surface area contributed by atoms with E-state index in [4.69, 9.17) is 9.84 Å². The van der Waals surface area contributed by atoms with E-state index >= 15 is 0 Å². The minimum atomic E-state index is 0.127. The molecule has 1 atom stereocenters. The van der Waals surface area contributed by atoms with Crippen molar-refractivity contribution in [3.05, 3.63) is 34.9 Å². The lowest BCUT2D eigenvalue weighted by Crippen LogP contribution is -2.02. The fourth-order valence-electron chi connectivity index (χ4n) is 2.65. The van der Waals surface area contributed by atoms with Crippen LogP contribution in [0.2, 0.25) is 0 Å². The minimum Gasteiger partial charge on any atom is -0.392 e. The first-order valence-corrected chi connectivity index (χ1v) is 8.60. The van der Waals surface area contributed by atoms with E-state index in [1.54, 1.807) is 0 Å². The highest BCUT2D eigenvalue weighted by atomic mass is 16.6. The number of epoxide rings is 1. The fraction of sp³-hybridized carbons (Fsp3) is 0.700. The van der Waals surface area contributed by atoms with Gasteiger partial charge in [0.25, 0.3) is 0 Å². The Bertz CT molecular complexity index is 427. The van der Waals surface area contributed by atoms with Crippen LogP contribution >= 0.6 is 0 Å². The standard InChI is InChI=1S/C20H34O2/c1-16(9-7-11-18(3)14-15-21)8-6-10-17(2)12-13-19-20(4,5)22-19/h9-10,14,19,21H,6-8,11-13,15H2,1-5H3/b16-9+,17-10+,18-14+/t19-/m0/s1. The molecule has 0 unspecified atom stereocenters. The molecule has 2 heteroatoms. The number of rotatable bonds is 10. The summed E-state index contributed by atoms with van der Waals surface area (Å²) in [6.45, 7) is 11.0. The molecule has 0 aromatic rings. The molecule has 0 saturated carbocycles. The molecule has 22 heavy (non-hydrogen) atoms. The van der Waals surface area contributed by atoms with Gasteiger partial charge in [-0.25, -0.2) is 0 Å². The second-order valence-electron chi connectivity index (χ2n) is 7.16. The van der Waals surface area contributed by atoms with Gasteiger partial charge in [-0.05, 0) is 73.1 Å². The number of hydrogen-bond acceptors (Lipinski definition) is 2. The quantitative estimate of drug-likeness (QED) is 0.437. The topological polar surface area (TPSA) is 32.8 Å². The van der Waals surface area contributed by atoms with Crippen molar-refractivity contribution in [2.45, 2.75) is 84.8 Å². The van der Waals surface area contributed by atoms with Crippen molar-refractivity contribution in [2.24, 2.45) is 0 Å². The summed E-state index contributed by atoms with van der Waals surface area (Å²) >= 11 is 0. The zero-order chi connectivity index (χ0) is 16.6. The van der Waals surface area contributed by atoms with Gasteiger partial charge in [0.2, 0.25) is 0 Å². The summed E-state index contributed by atoms with van der Waals surface area (Å²) < 4.78 is 5.62. The smallest absolute Gasteiger partial charge is 0.0892 e. The molecule has 0 aliphatic carbocycles. The first kappa shape index (κ1) is 19.2. The molecule has 1 heterocycles. The van der Waals surface area contributed by atoms with Gasteiger partial charge >= 0.3 is 0 Å². The maximum absolute atomic E-state index is 8.82. The third-order valence-corrected chi connectivity index (χ3v) is 4.47. The maximum atomic E-state index is 8.82. The van der Waals surface area contributed by atoms with Gasteiger partial charge in [0.1, 0.15) is 0 Å². The lowest BCUT2D eigenvalue weighted by atomic mass is 10.0. The second kappa shape index (κ2) is 9.32. The Morgan fingerprint density at radius 2 is 1.36 bits per heavy atom. The largest absolute Gasteiger partial charge is 0.392 e. The molecule has 1 rings (SSSR count). The summed E-state index contributed by atoms with van der Waals surface area (Å²) in [7, 11) is 0. The predicted molar refractivity (Wildman–Crippen MR) is 95.0 cm³/mol. The second-order valence-corrected chi connectivity index (χ2v) is 7.16. The minimum absolute atomic E-state index is 0.127. The molecule has 1 saturated heterocycles. The Morgan fingerprint density at radius 1 is 0.909 bits per heavy atom. The van der Waals surface area contributed by atoms with Crippen LogP contribution in [0, 0.1) is 0 Å². The maximum Gasteiger partial charge on any atom is 0.0892 e. The van der Waals surface area contributed by atoms with Crippen LogP contribution < -0.4 is 0 Å². The van der Waals surface area contributed by atoms with Crippen LogP contribution in [0.15, 0.2) is 34.9 Å². The highest BCUT2D eigenvalue weighted by Crippen LogP contribution is 2.38. The molecule has 0 aromatic carbocycles. The van der Waals surface area contributed by atoms with Crippen LogP contribution in [0.4, 0.5) is 0 Å². The summed E-state index contributed by atoms with van der Waals surface area (Å²) in [4.78, 5) is 0. The van der Waals surface area contributed by atoms with Crippen molar-refractivity contribution in [3.63, 3.8) is 0 Å². The predicted octanol–water partition coefficient (Wildman–Crippen LogP) is 5.34. The number of aliphatic hydroxyl groups excluding tert-OH is 1. The highest BCUT2D eigenvalue weighted by molar-refractivity contribution is 5.07. The van der Waals surface area contributed by atoms with Crippen LogP contribution in [0.1, 0.15) is 73.1 Å². The van der Waals surface area contributed by atoms with Gasteiger partial charge in [-0.1, -0.05) is 34.9 Å². The molecule has 1 N–H and O–H groups in total. The first-order valence-electron chi connectivity index (χ1n) is 8.60. The van der Waals surface area contributed by atoms with Crippen LogP contribution in [-0.4, -0.2) is 23.4 Å². The number of allylic oxidation sites excluding steroid dienone is 5. The Morgan fingerprint density at radius 3 is 1.82 bits per heavy atom. The van der Waals surface area contributed by atoms with Gasteiger partial charge in [-0.2, -0.15) is 0 Å². The molecule has 0 aromatic heterocycles. The van der Waals surface area contributed by atoms with E-state index in [1.807, 2.05) is 6.08 Å². The van der Waals surface area contributed by atoms with E-state index in [0.29, 0.717) is 6.10 Å². The SMILES string of the molecule is C/C(=C\CO)CC/C=C(\C)CC/C=C(\C)CC[C@@H]1OC1(C)C. The summed E-state index contributed by atoms with van der Waals surface area (Å²) in [6, 6.07) is 0. The molecule has 1 aliphatic heterocycles. The van der Waals surface area contributed by atoms with Gasteiger partial charge in [0.05, 0.1) is 18.3 Å². The van der Waals surface area contributed by atoms with Gasteiger partial charge < -0.3 is 9.84 Å². The summed E-state index contributed by atoms with van der Waals surface area (Å²) in [5.74, 6) is 0. The average Bonchev–Trinajstić information content (AvgIpc) is 3.04. The molecule has 0 radical (unpaired) electrons. The van der Waals surface area contributed by atoms with Crippen molar-refractivity contribution in [1.82, 2.24) is 0 Å². The lowest BCUT2D eigenvalue weighted by molar-refractivity contribution is 0.320. The normalized spacial score (nSPS) is 22.1. The molecule has 0 amide bonds. The van der Waals surface area contributed by atoms with E-state index in [1.165, 1.54) is 16.7 Å². The molecule has 1 aliphatic rings. The van der Waals surface area contributed by atoms with Crippen LogP contribution in [-0.2, 0) is 4.74 Å². The Kier molecular flexibility index (Phi) is 8.13. The lowest BCUT2D eigenvalue weighted by Gasteiger charge is -2.03. The first-order chi connectivity index (χ1) is 10.3. The van der Waals surface area contributed by atoms with Crippen molar-refractivity contribution in [2.75, 3.05) is 6.61 Å². The van der Waals surface area contributed by atoms with Gasteiger partial charge in [0.15, 0.2) is 0 Å². The van der Waals surface area contributed by atoms with Gasteiger partial charge in [0, 0.05) is 0 Å². The molecule has 0 bridgehead atoms. The molecule has 1 fully saturated rings. The van der Waals surface area contributed by atoms with Gasteiger partial charge in [-0.3, -0.25) is 0 Å². The van der Waals surface area contributed by atoms with Crippen LogP contribution in [0.25, 0.3) is 0 Å². The molecule has 126 valence electrons. The molecule has 0 spiro atoms. The molecular weight excluding hydrogens is 272 g/mol.